The average Bonchev–Trinajstić information content (AvgIpc) is 3.12. The summed E-state index contributed by atoms with van der Waals surface area (Å²) in [6.45, 7) is 1.36. The predicted octanol–water partition coefficient (Wildman–Crippen LogP) is 3.90. The monoisotopic (exact) mass is 443 g/mol. The molecule has 0 N–H and O–H groups in total. The van der Waals surface area contributed by atoms with Gasteiger partial charge in [0.05, 0.1) is 20.1 Å². The SMILES string of the molecule is Cc1c([N+](=O)[O-])cc(S(=O)(=O)N2CCSC2c2ccccc2Cl)cc1[N+](=O)[O-]. The number of nitrogens with zero attached hydrogens (tertiary/aromatic N) is 3. The minimum atomic E-state index is -4.24. The molecule has 0 aliphatic carbocycles. The lowest BCUT2D eigenvalue weighted by molar-refractivity contribution is -0.395. The van der Waals surface area contributed by atoms with Gasteiger partial charge in [0.1, 0.15) is 5.56 Å². The number of hydrogen-bond acceptors (Lipinski definition) is 7. The van der Waals surface area contributed by atoms with E-state index in [2.05, 4.69) is 0 Å². The van der Waals surface area contributed by atoms with Gasteiger partial charge in [0.15, 0.2) is 0 Å². The third-order valence-corrected chi connectivity index (χ3v) is 7.91. The van der Waals surface area contributed by atoms with Gasteiger partial charge in [-0.05, 0) is 18.6 Å². The number of thioether (sulfide) groups is 1. The van der Waals surface area contributed by atoms with Gasteiger partial charge in [0, 0.05) is 29.5 Å². The van der Waals surface area contributed by atoms with Crippen LogP contribution in [0.5, 0.6) is 0 Å². The predicted molar refractivity (Wildman–Crippen MR) is 105 cm³/mol. The van der Waals surface area contributed by atoms with Crippen LogP contribution in [-0.2, 0) is 10.0 Å². The molecule has 28 heavy (non-hydrogen) atoms. The minimum absolute atomic E-state index is 0.151. The summed E-state index contributed by atoms with van der Waals surface area (Å²) in [7, 11) is -4.24. The Hall–Kier alpha value is -2.21. The Labute approximate surface area is 169 Å². The van der Waals surface area contributed by atoms with Crippen molar-refractivity contribution in [3.05, 3.63) is 72.8 Å². The lowest BCUT2D eigenvalue weighted by atomic mass is 10.1. The summed E-state index contributed by atoms with van der Waals surface area (Å²) in [6.07, 6.45) is 0. The van der Waals surface area contributed by atoms with E-state index in [0.29, 0.717) is 16.3 Å². The molecule has 2 aromatic rings. The Bertz CT molecular complexity index is 1040. The number of rotatable bonds is 5. The summed E-state index contributed by atoms with van der Waals surface area (Å²) >= 11 is 7.56. The zero-order valence-corrected chi connectivity index (χ0v) is 16.8. The second kappa shape index (κ2) is 7.66. The van der Waals surface area contributed by atoms with Gasteiger partial charge in [-0.1, -0.05) is 29.8 Å². The molecule has 1 heterocycles. The van der Waals surface area contributed by atoms with Gasteiger partial charge in [0.2, 0.25) is 10.0 Å². The molecule has 0 saturated carbocycles. The van der Waals surface area contributed by atoms with Crippen LogP contribution in [0.1, 0.15) is 16.5 Å². The van der Waals surface area contributed by atoms with Gasteiger partial charge in [0.25, 0.3) is 11.4 Å². The molecule has 1 fully saturated rings. The van der Waals surface area contributed by atoms with E-state index in [-0.39, 0.29) is 12.1 Å². The van der Waals surface area contributed by atoms with Crippen molar-refractivity contribution in [2.24, 2.45) is 0 Å². The van der Waals surface area contributed by atoms with Crippen LogP contribution in [0.2, 0.25) is 5.02 Å². The van der Waals surface area contributed by atoms with Crippen LogP contribution < -0.4 is 0 Å². The van der Waals surface area contributed by atoms with Gasteiger partial charge in [-0.25, -0.2) is 8.42 Å². The topological polar surface area (TPSA) is 124 Å². The molecular weight excluding hydrogens is 430 g/mol. The first-order valence-corrected chi connectivity index (χ1v) is 10.8. The van der Waals surface area contributed by atoms with Gasteiger partial charge < -0.3 is 0 Å². The van der Waals surface area contributed by atoms with Crippen molar-refractivity contribution in [1.29, 1.82) is 0 Å². The molecule has 1 saturated heterocycles. The molecule has 3 rings (SSSR count). The van der Waals surface area contributed by atoms with Crippen LogP contribution in [0.25, 0.3) is 0 Å². The molecule has 1 aliphatic heterocycles. The van der Waals surface area contributed by atoms with E-state index in [1.807, 2.05) is 0 Å². The van der Waals surface area contributed by atoms with Crippen LogP contribution in [0, 0.1) is 27.2 Å². The number of halogens is 1. The summed E-state index contributed by atoms with van der Waals surface area (Å²) in [5.74, 6) is 0.491. The normalized spacial score (nSPS) is 17.6. The van der Waals surface area contributed by atoms with E-state index in [4.69, 9.17) is 11.6 Å². The third-order valence-electron chi connectivity index (χ3n) is 4.35. The largest absolute Gasteiger partial charge is 0.280 e. The smallest absolute Gasteiger partial charge is 0.258 e. The molecule has 148 valence electrons. The first-order chi connectivity index (χ1) is 13.1. The van der Waals surface area contributed by atoms with Gasteiger partial charge in [-0.3, -0.25) is 20.2 Å². The Morgan fingerprint density at radius 1 is 1.14 bits per heavy atom. The number of sulfonamides is 1. The van der Waals surface area contributed by atoms with Crippen LogP contribution in [0.3, 0.4) is 0 Å². The highest BCUT2D eigenvalue weighted by Gasteiger charge is 2.39. The zero-order valence-electron chi connectivity index (χ0n) is 14.4. The molecule has 0 amide bonds. The Balaban J connectivity index is 2.13. The molecule has 1 aliphatic rings. The van der Waals surface area contributed by atoms with Crippen molar-refractivity contribution < 1.29 is 18.3 Å². The number of nitro benzene ring substituents is 2. The van der Waals surface area contributed by atoms with Gasteiger partial charge in [-0.2, -0.15) is 4.31 Å². The van der Waals surface area contributed by atoms with Crippen molar-refractivity contribution in [2.45, 2.75) is 17.2 Å². The van der Waals surface area contributed by atoms with Crippen molar-refractivity contribution in [2.75, 3.05) is 12.3 Å². The van der Waals surface area contributed by atoms with Crippen molar-refractivity contribution >= 4 is 44.8 Å². The fourth-order valence-corrected chi connectivity index (χ4v) is 6.56. The highest BCUT2D eigenvalue weighted by Crippen LogP contribution is 2.44. The van der Waals surface area contributed by atoms with E-state index in [0.717, 1.165) is 16.4 Å². The fourth-order valence-electron chi connectivity index (χ4n) is 2.94. The van der Waals surface area contributed by atoms with E-state index in [9.17, 15) is 28.6 Å². The molecule has 0 spiro atoms. The summed E-state index contributed by atoms with van der Waals surface area (Å²) < 4.78 is 27.6. The standard InChI is InChI=1S/C16H14ClN3O6S2/c1-10-14(19(21)22)8-11(9-15(10)20(23)24)28(25,26)18-6-7-27-16(18)12-4-2-3-5-13(12)17/h2-5,8-9,16H,6-7H2,1H3. The maximum Gasteiger partial charge on any atom is 0.280 e. The van der Waals surface area contributed by atoms with Crippen LogP contribution in [0.15, 0.2) is 41.3 Å². The van der Waals surface area contributed by atoms with Crippen LogP contribution in [-0.4, -0.2) is 34.9 Å². The second-order valence-electron chi connectivity index (χ2n) is 5.96. The molecule has 1 unspecified atom stereocenters. The quantitative estimate of drug-likeness (QED) is 0.506. The Morgan fingerprint density at radius 2 is 1.71 bits per heavy atom. The van der Waals surface area contributed by atoms with Gasteiger partial charge >= 0.3 is 0 Å². The van der Waals surface area contributed by atoms with Crippen LogP contribution in [0.4, 0.5) is 11.4 Å². The number of nitro groups is 2. The van der Waals surface area contributed by atoms with Crippen molar-refractivity contribution in [1.82, 2.24) is 4.31 Å². The average molecular weight is 444 g/mol. The van der Waals surface area contributed by atoms with Gasteiger partial charge in [-0.15, -0.1) is 11.8 Å². The maximum absolute atomic E-state index is 13.2. The lowest BCUT2D eigenvalue weighted by Crippen LogP contribution is -2.30. The Kier molecular flexibility index (Phi) is 5.62. The van der Waals surface area contributed by atoms with E-state index in [1.54, 1.807) is 24.3 Å². The molecule has 0 radical (unpaired) electrons. The van der Waals surface area contributed by atoms with Crippen LogP contribution >= 0.6 is 23.4 Å². The van der Waals surface area contributed by atoms with E-state index >= 15 is 0 Å². The highest BCUT2D eigenvalue weighted by molar-refractivity contribution is 8.01. The summed E-state index contributed by atoms with van der Waals surface area (Å²) in [4.78, 5) is 20.4. The maximum atomic E-state index is 13.2. The Morgan fingerprint density at radius 3 is 2.25 bits per heavy atom. The molecule has 0 aromatic heterocycles. The van der Waals surface area contributed by atoms with E-state index in [1.165, 1.54) is 18.7 Å². The molecule has 2 aromatic carbocycles. The summed E-state index contributed by atoms with van der Waals surface area (Å²) in [5.41, 5.74) is -0.846. The highest BCUT2D eigenvalue weighted by atomic mass is 35.5. The zero-order chi connectivity index (χ0) is 20.6. The van der Waals surface area contributed by atoms with E-state index < -0.39 is 41.5 Å². The van der Waals surface area contributed by atoms with Crippen molar-refractivity contribution in [3.63, 3.8) is 0 Å². The molecule has 12 heteroatoms. The molecular formula is C16H14ClN3O6S2. The first-order valence-electron chi connectivity index (χ1n) is 7.96. The fraction of sp³-hybridized carbons (Fsp3) is 0.250. The summed E-state index contributed by atoms with van der Waals surface area (Å²) in [5, 5.41) is 22.3. The summed E-state index contributed by atoms with van der Waals surface area (Å²) in [6, 6.07) is 8.52. The minimum Gasteiger partial charge on any atom is -0.258 e. The first kappa shape index (κ1) is 20.5. The number of benzene rings is 2. The van der Waals surface area contributed by atoms with Crippen molar-refractivity contribution in [3.8, 4) is 0 Å². The molecule has 0 bridgehead atoms. The lowest BCUT2D eigenvalue weighted by Gasteiger charge is -2.24. The number of hydrogen-bond donors (Lipinski definition) is 0. The molecule has 9 nitrogen and oxygen atoms in total. The third kappa shape index (κ3) is 3.58. The second-order valence-corrected chi connectivity index (χ2v) is 9.45. The molecule has 1 atom stereocenters.